The monoisotopic (exact) mass is 438 g/mol. The zero-order valence-corrected chi connectivity index (χ0v) is 19.3. The van der Waals surface area contributed by atoms with E-state index in [9.17, 15) is 9.59 Å². The molecule has 0 saturated carbocycles. The fraction of sp³-hybridized carbons (Fsp3) is 0.462. The van der Waals surface area contributed by atoms with Crippen molar-refractivity contribution in [3.63, 3.8) is 0 Å². The zero-order valence-electron chi connectivity index (χ0n) is 19.3. The molecule has 0 aromatic heterocycles. The van der Waals surface area contributed by atoms with Crippen LogP contribution in [0, 0.1) is 0 Å². The number of nitrogens with zero attached hydrogens (tertiary/aromatic N) is 1. The fourth-order valence-electron chi connectivity index (χ4n) is 4.03. The molecule has 32 heavy (non-hydrogen) atoms. The summed E-state index contributed by atoms with van der Waals surface area (Å²) in [6.45, 7) is 8.27. The van der Waals surface area contributed by atoms with Crippen molar-refractivity contribution in [2.24, 2.45) is 0 Å². The Morgan fingerprint density at radius 3 is 2.34 bits per heavy atom. The standard InChI is InChI=1S/C26H34N2O4/c1-4-31-24(29)22-12-8-9-13-23(22)27-26(25(30)32-20(2)3)15-18-28(19-16-26)17-14-21-10-6-5-7-11-21/h5-13,20,27H,4,14-19H2,1-3H3. The third-order valence-electron chi connectivity index (χ3n) is 5.80. The normalized spacial score (nSPS) is 15.9. The summed E-state index contributed by atoms with van der Waals surface area (Å²) in [4.78, 5) is 28.0. The molecule has 1 N–H and O–H groups in total. The van der Waals surface area contributed by atoms with E-state index >= 15 is 0 Å². The lowest BCUT2D eigenvalue weighted by molar-refractivity contribution is -0.154. The Balaban J connectivity index is 1.74. The maximum Gasteiger partial charge on any atom is 0.340 e. The third-order valence-corrected chi connectivity index (χ3v) is 5.80. The van der Waals surface area contributed by atoms with Crippen LogP contribution in [0.5, 0.6) is 0 Å². The molecular formula is C26H34N2O4. The highest BCUT2D eigenvalue weighted by Crippen LogP contribution is 2.31. The lowest BCUT2D eigenvalue weighted by atomic mass is 9.86. The van der Waals surface area contributed by atoms with Gasteiger partial charge in [0.05, 0.1) is 18.3 Å². The van der Waals surface area contributed by atoms with E-state index in [0.717, 1.165) is 26.1 Å². The Hall–Kier alpha value is -2.86. The van der Waals surface area contributed by atoms with Crippen LogP contribution in [-0.2, 0) is 20.7 Å². The van der Waals surface area contributed by atoms with E-state index in [2.05, 4.69) is 34.5 Å². The van der Waals surface area contributed by atoms with Gasteiger partial charge in [-0.1, -0.05) is 42.5 Å². The second-order valence-corrected chi connectivity index (χ2v) is 8.50. The van der Waals surface area contributed by atoms with Crippen molar-refractivity contribution < 1.29 is 19.1 Å². The van der Waals surface area contributed by atoms with Gasteiger partial charge in [-0.2, -0.15) is 0 Å². The van der Waals surface area contributed by atoms with Gasteiger partial charge in [0.15, 0.2) is 0 Å². The van der Waals surface area contributed by atoms with Crippen LogP contribution in [0.15, 0.2) is 54.6 Å². The molecule has 0 radical (unpaired) electrons. The van der Waals surface area contributed by atoms with Crippen LogP contribution in [0.3, 0.4) is 0 Å². The Kier molecular flexibility index (Phi) is 8.28. The van der Waals surface area contributed by atoms with Gasteiger partial charge >= 0.3 is 11.9 Å². The van der Waals surface area contributed by atoms with E-state index in [0.29, 0.717) is 30.7 Å². The average Bonchev–Trinajstić information content (AvgIpc) is 2.79. The van der Waals surface area contributed by atoms with Crippen LogP contribution in [0.25, 0.3) is 0 Å². The molecule has 1 aliphatic rings. The molecule has 1 fully saturated rings. The topological polar surface area (TPSA) is 67.9 Å². The smallest absolute Gasteiger partial charge is 0.340 e. The van der Waals surface area contributed by atoms with E-state index in [1.54, 1.807) is 19.1 Å². The SMILES string of the molecule is CCOC(=O)c1ccccc1NC1(C(=O)OC(C)C)CCN(CCc2ccccc2)CC1. The van der Waals surface area contributed by atoms with E-state index < -0.39 is 11.5 Å². The first kappa shape index (κ1) is 23.8. The molecule has 6 heteroatoms. The molecule has 1 aliphatic heterocycles. The summed E-state index contributed by atoms with van der Waals surface area (Å²) < 4.78 is 10.8. The molecule has 2 aromatic carbocycles. The summed E-state index contributed by atoms with van der Waals surface area (Å²) in [5.41, 5.74) is 1.46. The van der Waals surface area contributed by atoms with Crippen LogP contribution in [-0.4, -0.2) is 54.7 Å². The molecule has 6 nitrogen and oxygen atoms in total. The quantitative estimate of drug-likeness (QED) is 0.589. The number of esters is 2. The Bertz CT molecular complexity index is 890. The molecular weight excluding hydrogens is 404 g/mol. The molecule has 0 unspecified atom stereocenters. The van der Waals surface area contributed by atoms with Crippen molar-refractivity contribution in [3.05, 3.63) is 65.7 Å². The molecule has 0 aliphatic carbocycles. The summed E-state index contributed by atoms with van der Waals surface area (Å²) in [7, 11) is 0. The molecule has 0 spiro atoms. The molecule has 0 amide bonds. The molecule has 0 atom stereocenters. The van der Waals surface area contributed by atoms with Gasteiger partial charge in [-0.15, -0.1) is 0 Å². The first-order valence-electron chi connectivity index (χ1n) is 11.5. The Labute approximate surface area is 190 Å². The van der Waals surface area contributed by atoms with Crippen molar-refractivity contribution in [2.75, 3.05) is 31.6 Å². The zero-order chi connectivity index (χ0) is 23.0. The van der Waals surface area contributed by atoms with Crippen LogP contribution < -0.4 is 5.32 Å². The van der Waals surface area contributed by atoms with E-state index in [1.165, 1.54) is 5.56 Å². The largest absolute Gasteiger partial charge is 0.462 e. The van der Waals surface area contributed by atoms with Gasteiger partial charge in [-0.05, 0) is 57.7 Å². The lowest BCUT2D eigenvalue weighted by Crippen LogP contribution is -2.56. The predicted molar refractivity (Wildman–Crippen MR) is 126 cm³/mol. The second-order valence-electron chi connectivity index (χ2n) is 8.50. The number of rotatable bonds is 9. The van der Waals surface area contributed by atoms with Gasteiger partial charge in [0.25, 0.3) is 0 Å². The van der Waals surface area contributed by atoms with Gasteiger partial charge in [0.1, 0.15) is 5.54 Å². The molecule has 2 aromatic rings. The average molecular weight is 439 g/mol. The van der Waals surface area contributed by atoms with Gasteiger partial charge in [-0.3, -0.25) is 0 Å². The minimum Gasteiger partial charge on any atom is -0.462 e. The number of para-hydroxylation sites is 1. The van der Waals surface area contributed by atoms with Gasteiger partial charge in [0, 0.05) is 25.3 Å². The minimum atomic E-state index is -0.879. The van der Waals surface area contributed by atoms with Crippen molar-refractivity contribution in [2.45, 2.75) is 51.7 Å². The minimum absolute atomic E-state index is 0.211. The van der Waals surface area contributed by atoms with Crippen LogP contribution >= 0.6 is 0 Å². The number of likely N-dealkylation sites (tertiary alicyclic amines) is 1. The second kappa shape index (κ2) is 11.1. The first-order chi connectivity index (χ1) is 15.4. The van der Waals surface area contributed by atoms with Crippen molar-refractivity contribution in [3.8, 4) is 0 Å². The van der Waals surface area contributed by atoms with Crippen LogP contribution in [0.4, 0.5) is 5.69 Å². The van der Waals surface area contributed by atoms with Crippen LogP contribution in [0.2, 0.25) is 0 Å². The molecule has 1 saturated heterocycles. The Morgan fingerprint density at radius 1 is 1.03 bits per heavy atom. The third kappa shape index (κ3) is 6.10. The number of nitrogens with one attached hydrogen (secondary N) is 1. The summed E-state index contributed by atoms with van der Waals surface area (Å²) in [5, 5.41) is 3.40. The van der Waals surface area contributed by atoms with Crippen molar-refractivity contribution in [1.29, 1.82) is 0 Å². The predicted octanol–water partition coefficient (Wildman–Crippen LogP) is 4.30. The molecule has 3 rings (SSSR count). The number of piperidine rings is 1. The lowest BCUT2D eigenvalue weighted by Gasteiger charge is -2.41. The van der Waals surface area contributed by atoms with E-state index in [1.807, 2.05) is 32.0 Å². The number of hydrogen-bond acceptors (Lipinski definition) is 6. The van der Waals surface area contributed by atoms with Gasteiger partial charge < -0.3 is 19.7 Å². The molecule has 0 bridgehead atoms. The number of benzene rings is 2. The number of ether oxygens (including phenoxy) is 2. The number of carbonyl (C=O) groups is 2. The summed E-state index contributed by atoms with van der Waals surface area (Å²) in [6.07, 6.45) is 1.97. The highest BCUT2D eigenvalue weighted by molar-refractivity contribution is 5.97. The fourth-order valence-corrected chi connectivity index (χ4v) is 4.03. The Morgan fingerprint density at radius 2 is 1.69 bits per heavy atom. The number of carbonyl (C=O) groups excluding carboxylic acids is 2. The summed E-state index contributed by atoms with van der Waals surface area (Å²) in [5.74, 6) is -0.669. The highest BCUT2D eigenvalue weighted by Gasteiger charge is 2.43. The van der Waals surface area contributed by atoms with Crippen LogP contribution in [0.1, 0.15) is 49.5 Å². The maximum atomic E-state index is 13.2. The summed E-state index contributed by atoms with van der Waals surface area (Å²) in [6, 6.07) is 17.6. The summed E-state index contributed by atoms with van der Waals surface area (Å²) >= 11 is 0. The van der Waals surface area contributed by atoms with E-state index in [4.69, 9.17) is 9.47 Å². The first-order valence-corrected chi connectivity index (χ1v) is 11.5. The van der Waals surface area contributed by atoms with Gasteiger partial charge in [0.2, 0.25) is 0 Å². The highest BCUT2D eigenvalue weighted by atomic mass is 16.5. The maximum absolute atomic E-state index is 13.2. The molecule has 1 heterocycles. The van der Waals surface area contributed by atoms with Crippen molar-refractivity contribution in [1.82, 2.24) is 4.90 Å². The van der Waals surface area contributed by atoms with E-state index in [-0.39, 0.29) is 12.1 Å². The number of anilines is 1. The molecule has 172 valence electrons. The number of hydrogen-bond donors (Lipinski definition) is 1. The van der Waals surface area contributed by atoms with Gasteiger partial charge in [-0.25, -0.2) is 9.59 Å². The van der Waals surface area contributed by atoms with Crippen molar-refractivity contribution >= 4 is 17.6 Å².